The molecule has 2 aromatic carbocycles. The number of hydrogen-bond donors (Lipinski definition) is 2. The normalized spacial score (nSPS) is 12.0. The summed E-state index contributed by atoms with van der Waals surface area (Å²) in [5.74, 6) is 0.248. The molecule has 29 heavy (non-hydrogen) atoms. The van der Waals surface area contributed by atoms with Gasteiger partial charge in [0.2, 0.25) is 0 Å². The summed E-state index contributed by atoms with van der Waals surface area (Å²) in [6.07, 6.45) is 4.18. The molecule has 3 aromatic rings. The first-order valence-corrected chi connectivity index (χ1v) is 10.7. The van der Waals surface area contributed by atoms with Crippen LogP contribution in [0.3, 0.4) is 0 Å². The van der Waals surface area contributed by atoms with Gasteiger partial charge >= 0.3 is 0 Å². The van der Waals surface area contributed by atoms with Crippen molar-refractivity contribution in [1.29, 1.82) is 0 Å². The minimum Gasteiger partial charge on any atom is -0.508 e. The van der Waals surface area contributed by atoms with Gasteiger partial charge in [0.15, 0.2) is 0 Å². The van der Waals surface area contributed by atoms with Crippen molar-refractivity contribution in [2.45, 2.75) is 32.2 Å². The van der Waals surface area contributed by atoms with Crippen LogP contribution in [0.2, 0.25) is 0 Å². The molecule has 152 valence electrons. The first kappa shape index (κ1) is 20.9. The van der Waals surface area contributed by atoms with E-state index in [0.29, 0.717) is 24.5 Å². The van der Waals surface area contributed by atoms with Crippen molar-refractivity contribution in [2.75, 3.05) is 23.3 Å². The van der Waals surface area contributed by atoms with Gasteiger partial charge in [-0.3, -0.25) is 9.59 Å². The van der Waals surface area contributed by atoms with Gasteiger partial charge < -0.3 is 15.3 Å². The zero-order valence-electron chi connectivity index (χ0n) is 16.6. The third kappa shape index (κ3) is 5.15. The van der Waals surface area contributed by atoms with E-state index >= 15 is 0 Å². The average molecular weight is 411 g/mol. The van der Waals surface area contributed by atoms with Crippen LogP contribution in [0, 0.1) is 0 Å². The molecule has 0 radical (unpaired) electrons. The Bertz CT molecular complexity index is 1000. The number of benzene rings is 1. The van der Waals surface area contributed by atoms with E-state index in [1.54, 1.807) is 29.5 Å². The maximum absolute atomic E-state index is 12.3. The fraction of sp³-hybridized carbons (Fsp3) is 0.304. The third-order valence-electron chi connectivity index (χ3n) is 4.89. The summed E-state index contributed by atoms with van der Waals surface area (Å²) in [5, 5.41) is 16.8. The lowest BCUT2D eigenvalue weighted by atomic mass is 10.1. The number of thiophene rings is 1. The molecule has 0 saturated heterocycles. The number of phenolic OH excluding ortho intramolecular Hbond substituents is 1. The number of aryl methyl sites for hydroxylation is 1. The zero-order valence-corrected chi connectivity index (χ0v) is 17.4. The Hall–Kier alpha value is -2.86. The highest BCUT2D eigenvalue weighted by atomic mass is 32.1. The summed E-state index contributed by atoms with van der Waals surface area (Å²) in [6.45, 7) is 6.96. The molecule has 0 bridgehead atoms. The van der Waals surface area contributed by atoms with Crippen LogP contribution in [0.4, 0.5) is 11.4 Å². The summed E-state index contributed by atoms with van der Waals surface area (Å²) in [5.41, 5.74) is 2.36. The lowest BCUT2D eigenvalue weighted by molar-refractivity contribution is 0.475. The van der Waals surface area contributed by atoms with Crippen molar-refractivity contribution in [2.24, 2.45) is 0 Å². The highest BCUT2D eigenvalue weighted by Gasteiger charge is 2.26. The average Bonchev–Trinajstić information content (AvgIpc) is 3.21. The number of nitrogens with zero attached hydrogens (tertiary/aromatic N) is 1. The Morgan fingerprint density at radius 1 is 1.17 bits per heavy atom. The molecule has 0 unspecified atom stereocenters. The van der Waals surface area contributed by atoms with E-state index in [4.69, 9.17) is 0 Å². The predicted octanol–water partition coefficient (Wildman–Crippen LogP) is 3.72. The molecular weight excluding hydrogens is 384 g/mol. The van der Waals surface area contributed by atoms with E-state index in [1.165, 1.54) is 5.56 Å². The molecule has 2 N–H and O–H groups in total. The number of nitrogens with one attached hydrogen (secondary N) is 1. The second-order valence-corrected chi connectivity index (χ2v) is 8.05. The molecule has 0 aliphatic carbocycles. The van der Waals surface area contributed by atoms with Crippen LogP contribution >= 0.6 is 11.3 Å². The topological polar surface area (TPSA) is 69.6 Å². The second-order valence-electron chi connectivity index (χ2n) is 7.27. The summed E-state index contributed by atoms with van der Waals surface area (Å²) >= 11 is 1.65. The lowest BCUT2D eigenvalue weighted by Gasteiger charge is -2.28. The van der Waals surface area contributed by atoms with Gasteiger partial charge in [-0.05, 0) is 66.3 Å². The van der Waals surface area contributed by atoms with E-state index in [0.717, 1.165) is 24.8 Å². The molecule has 0 amide bonds. The minimum absolute atomic E-state index is 0.0502. The number of hydrogen-bond acceptors (Lipinski definition) is 6. The van der Waals surface area contributed by atoms with E-state index in [1.807, 2.05) is 29.3 Å². The van der Waals surface area contributed by atoms with Crippen molar-refractivity contribution >= 4 is 22.7 Å². The molecule has 6 heteroatoms. The van der Waals surface area contributed by atoms with Gasteiger partial charge in [-0.25, -0.2) is 0 Å². The smallest absolute Gasteiger partial charge is 0.253 e. The lowest BCUT2D eigenvalue weighted by Crippen LogP contribution is -2.44. The summed E-state index contributed by atoms with van der Waals surface area (Å²) < 4.78 is 0. The van der Waals surface area contributed by atoms with Crippen molar-refractivity contribution in [1.82, 2.24) is 0 Å². The van der Waals surface area contributed by atoms with Crippen LogP contribution in [0.25, 0.3) is 0 Å². The zero-order chi connectivity index (χ0) is 20.8. The van der Waals surface area contributed by atoms with Gasteiger partial charge in [-0.2, -0.15) is 11.3 Å². The molecule has 1 atom stereocenters. The van der Waals surface area contributed by atoms with Gasteiger partial charge in [0.25, 0.3) is 10.9 Å². The Kier molecular flexibility index (Phi) is 6.88. The highest BCUT2D eigenvalue weighted by molar-refractivity contribution is 7.07. The van der Waals surface area contributed by atoms with Crippen molar-refractivity contribution < 1.29 is 5.11 Å². The standard InChI is InChI=1S/C23H26N2O3S/c1-3-11-25(12-4-5-17-6-8-19(26)9-7-17)21-20(22(27)23(21)28)24-16(2)14-18-10-13-29-15-18/h3,6-10,13,15-16,24,26H,1,4-5,11-12,14H2,2H3/t16-/m0/s1. The highest BCUT2D eigenvalue weighted by Crippen LogP contribution is 2.23. The molecule has 0 fully saturated rings. The van der Waals surface area contributed by atoms with E-state index in [-0.39, 0.29) is 11.8 Å². The molecular formula is C23H26N2O3S. The Morgan fingerprint density at radius 3 is 2.59 bits per heavy atom. The van der Waals surface area contributed by atoms with E-state index in [2.05, 4.69) is 23.3 Å². The number of aromatic hydroxyl groups is 1. The van der Waals surface area contributed by atoms with Crippen LogP contribution in [0.5, 0.6) is 5.75 Å². The van der Waals surface area contributed by atoms with E-state index < -0.39 is 10.9 Å². The molecule has 1 heterocycles. The molecule has 0 aliphatic heterocycles. The van der Waals surface area contributed by atoms with Crippen molar-refractivity contribution in [3.8, 4) is 5.75 Å². The van der Waals surface area contributed by atoms with Gasteiger partial charge in [0, 0.05) is 19.1 Å². The van der Waals surface area contributed by atoms with Crippen LogP contribution in [-0.2, 0) is 12.8 Å². The fourth-order valence-corrected chi connectivity index (χ4v) is 4.14. The summed E-state index contributed by atoms with van der Waals surface area (Å²) in [4.78, 5) is 26.4. The quantitative estimate of drug-likeness (QED) is 0.372. The fourth-order valence-electron chi connectivity index (χ4n) is 3.46. The molecule has 0 saturated carbocycles. The first-order chi connectivity index (χ1) is 14.0. The predicted molar refractivity (Wildman–Crippen MR) is 121 cm³/mol. The first-order valence-electron chi connectivity index (χ1n) is 9.74. The number of phenols is 1. The van der Waals surface area contributed by atoms with Gasteiger partial charge in [-0.15, -0.1) is 6.58 Å². The maximum Gasteiger partial charge on any atom is 0.253 e. The van der Waals surface area contributed by atoms with Crippen LogP contribution in [0.1, 0.15) is 24.5 Å². The van der Waals surface area contributed by atoms with Gasteiger partial charge in [0.1, 0.15) is 17.1 Å². The SMILES string of the molecule is C=CCN(CCCc1ccc(O)cc1)c1c(N[C@@H](C)Cc2ccsc2)c(=O)c1=O. The Labute approximate surface area is 174 Å². The minimum atomic E-state index is -0.440. The molecule has 5 nitrogen and oxygen atoms in total. The number of anilines is 2. The van der Waals surface area contributed by atoms with Crippen molar-refractivity contribution in [3.05, 3.63) is 85.3 Å². The monoisotopic (exact) mass is 410 g/mol. The van der Waals surface area contributed by atoms with Crippen LogP contribution in [0.15, 0.2) is 63.3 Å². The molecule has 1 aromatic heterocycles. The van der Waals surface area contributed by atoms with Crippen LogP contribution in [-0.4, -0.2) is 24.2 Å². The second kappa shape index (κ2) is 9.56. The summed E-state index contributed by atoms with van der Waals surface area (Å²) in [7, 11) is 0. The Morgan fingerprint density at radius 2 is 1.93 bits per heavy atom. The van der Waals surface area contributed by atoms with Crippen LogP contribution < -0.4 is 21.1 Å². The molecule has 0 spiro atoms. The third-order valence-corrected chi connectivity index (χ3v) is 5.63. The van der Waals surface area contributed by atoms with Crippen molar-refractivity contribution in [3.63, 3.8) is 0 Å². The van der Waals surface area contributed by atoms with E-state index in [9.17, 15) is 14.7 Å². The maximum atomic E-state index is 12.3. The van der Waals surface area contributed by atoms with Gasteiger partial charge in [-0.1, -0.05) is 18.2 Å². The molecule has 3 rings (SSSR count). The van der Waals surface area contributed by atoms with Gasteiger partial charge in [0.05, 0.1) is 0 Å². The Balaban J connectivity index is 1.66. The summed E-state index contributed by atoms with van der Waals surface area (Å²) in [6, 6.07) is 9.25. The molecule has 0 aliphatic rings. The largest absolute Gasteiger partial charge is 0.508 e. The number of rotatable bonds is 11.